The van der Waals surface area contributed by atoms with Crippen LogP contribution in [0.25, 0.3) is 0 Å². The lowest BCUT2D eigenvalue weighted by atomic mass is 10.0. The lowest BCUT2D eigenvalue weighted by Gasteiger charge is -2.43. The number of hydrogen-bond acceptors (Lipinski definition) is 4. The molecule has 5 heteroatoms. The molecule has 2 aliphatic rings. The molecular weight excluding hydrogens is 252 g/mol. The zero-order valence-corrected chi connectivity index (χ0v) is 12.5. The number of imidazole rings is 1. The molecule has 2 heterocycles. The molecule has 0 aromatic carbocycles. The minimum absolute atomic E-state index is 0.259. The first kappa shape index (κ1) is 14.0. The molecule has 1 aromatic rings. The van der Waals surface area contributed by atoms with Gasteiger partial charge in [-0.05, 0) is 26.2 Å². The summed E-state index contributed by atoms with van der Waals surface area (Å²) in [6, 6.07) is 1.37. The smallest absolute Gasteiger partial charge is 0.0951 e. The highest BCUT2D eigenvalue weighted by molar-refractivity contribution is 5.11. The normalized spacial score (nSPS) is 29.6. The van der Waals surface area contributed by atoms with Crippen LogP contribution < -0.4 is 5.73 Å². The van der Waals surface area contributed by atoms with Gasteiger partial charge in [0.2, 0.25) is 0 Å². The van der Waals surface area contributed by atoms with Crippen LogP contribution in [0.3, 0.4) is 0 Å². The molecule has 1 aliphatic carbocycles. The third kappa shape index (κ3) is 2.62. The molecule has 0 amide bonds. The van der Waals surface area contributed by atoms with Crippen LogP contribution in [0.2, 0.25) is 0 Å². The summed E-state index contributed by atoms with van der Waals surface area (Å²) in [6.45, 7) is 6.77. The van der Waals surface area contributed by atoms with Gasteiger partial charge >= 0.3 is 0 Å². The predicted molar refractivity (Wildman–Crippen MR) is 78.5 cm³/mol. The second-order valence-electron chi connectivity index (χ2n) is 6.11. The Labute approximate surface area is 121 Å². The molecule has 112 valence electrons. The molecule has 0 spiro atoms. The van der Waals surface area contributed by atoms with E-state index in [2.05, 4.69) is 28.3 Å². The van der Waals surface area contributed by atoms with E-state index in [-0.39, 0.29) is 12.1 Å². The number of morpholine rings is 1. The first-order valence-electron chi connectivity index (χ1n) is 7.83. The van der Waals surface area contributed by atoms with Gasteiger partial charge in [-0.3, -0.25) is 4.90 Å². The predicted octanol–water partition coefficient (Wildman–Crippen LogP) is 1.72. The molecule has 5 nitrogen and oxygen atoms in total. The summed E-state index contributed by atoms with van der Waals surface area (Å²) in [7, 11) is 0. The molecule has 3 unspecified atom stereocenters. The minimum Gasteiger partial charge on any atom is -0.376 e. The van der Waals surface area contributed by atoms with Crippen LogP contribution >= 0.6 is 0 Å². The Hall–Kier alpha value is -0.910. The summed E-state index contributed by atoms with van der Waals surface area (Å²) >= 11 is 0. The Bertz CT molecular complexity index is 443. The fraction of sp³-hybridized carbons (Fsp3) is 0.800. The van der Waals surface area contributed by atoms with E-state index in [1.54, 1.807) is 0 Å². The highest BCUT2D eigenvalue weighted by Gasteiger charge is 2.35. The molecule has 1 saturated heterocycles. The molecule has 0 radical (unpaired) electrons. The SMILES string of the molecule is CCC1COC(C)CN1C(CN)c1cncn1C1CC1. The summed E-state index contributed by atoms with van der Waals surface area (Å²) in [5.74, 6) is 0. The Morgan fingerprint density at radius 2 is 2.30 bits per heavy atom. The third-order valence-electron chi connectivity index (χ3n) is 4.58. The molecule has 20 heavy (non-hydrogen) atoms. The molecule has 3 atom stereocenters. The molecule has 1 aliphatic heterocycles. The zero-order chi connectivity index (χ0) is 14.1. The second-order valence-corrected chi connectivity index (χ2v) is 6.11. The Morgan fingerprint density at radius 1 is 1.50 bits per heavy atom. The first-order chi connectivity index (χ1) is 9.74. The van der Waals surface area contributed by atoms with Crippen molar-refractivity contribution in [2.24, 2.45) is 5.73 Å². The highest BCUT2D eigenvalue weighted by Crippen LogP contribution is 2.38. The highest BCUT2D eigenvalue weighted by atomic mass is 16.5. The maximum absolute atomic E-state index is 6.12. The third-order valence-corrected chi connectivity index (χ3v) is 4.58. The fourth-order valence-electron chi connectivity index (χ4n) is 3.26. The van der Waals surface area contributed by atoms with Crippen LogP contribution in [0.5, 0.6) is 0 Å². The van der Waals surface area contributed by atoms with Gasteiger partial charge in [-0.25, -0.2) is 4.98 Å². The summed E-state index contributed by atoms with van der Waals surface area (Å²) in [6.07, 6.45) is 7.91. The van der Waals surface area contributed by atoms with Gasteiger partial charge in [0, 0.05) is 31.4 Å². The van der Waals surface area contributed by atoms with Crippen LogP contribution in [0, 0.1) is 0 Å². The number of aromatic nitrogens is 2. The van der Waals surface area contributed by atoms with Crippen molar-refractivity contribution in [1.82, 2.24) is 14.5 Å². The van der Waals surface area contributed by atoms with Crippen LogP contribution in [0.15, 0.2) is 12.5 Å². The number of hydrogen-bond donors (Lipinski definition) is 1. The standard InChI is InChI=1S/C15H26N4O/c1-3-12-9-20-11(2)8-18(12)14(6-16)15-7-17-10-19(15)13-4-5-13/h7,10-14H,3-6,8-9,16H2,1-2H3. The summed E-state index contributed by atoms with van der Waals surface area (Å²) in [4.78, 5) is 6.90. The van der Waals surface area contributed by atoms with Gasteiger partial charge in [0.15, 0.2) is 0 Å². The number of nitrogens with two attached hydrogens (primary N) is 1. The number of ether oxygens (including phenoxy) is 1. The minimum atomic E-state index is 0.259. The van der Waals surface area contributed by atoms with Crippen LogP contribution in [0.4, 0.5) is 0 Å². The van der Waals surface area contributed by atoms with E-state index in [1.807, 2.05) is 12.5 Å². The van der Waals surface area contributed by atoms with Gasteiger partial charge in [0.05, 0.1) is 30.8 Å². The maximum Gasteiger partial charge on any atom is 0.0951 e. The Balaban J connectivity index is 1.85. The van der Waals surface area contributed by atoms with Crippen molar-refractivity contribution in [3.05, 3.63) is 18.2 Å². The van der Waals surface area contributed by atoms with Crippen molar-refractivity contribution in [2.75, 3.05) is 19.7 Å². The lowest BCUT2D eigenvalue weighted by molar-refractivity contribution is -0.0729. The van der Waals surface area contributed by atoms with Crippen molar-refractivity contribution in [2.45, 2.75) is 57.3 Å². The van der Waals surface area contributed by atoms with E-state index in [0.29, 0.717) is 18.6 Å². The quantitative estimate of drug-likeness (QED) is 0.891. The van der Waals surface area contributed by atoms with Gasteiger partial charge in [-0.2, -0.15) is 0 Å². The first-order valence-corrected chi connectivity index (χ1v) is 7.83. The van der Waals surface area contributed by atoms with E-state index in [1.165, 1.54) is 18.5 Å². The van der Waals surface area contributed by atoms with Crippen molar-refractivity contribution in [1.29, 1.82) is 0 Å². The zero-order valence-electron chi connectivity index (χ0n) is 12.5. The Morgan fingerprint density at radius 3 is 2.95 bits per heavy atom. The molecular formula is C15H26N4O. The van der Waals surface area contributed by atoms with Gasteiger partial charge in [-0.15, -0.1) is 0 Å². The molecule has 1 saturated carbocycles. The summed E-state index contributed by atoms with van der Waals surface area (Å²) in [5, 5.41) is 0. The molecule has 0 bridgehead atoms. The van der Waals surface area contributed by atoms with Crippen molar-refractivity contribution < 1.29 is 4.74 Å². The molecule has 2 fully saturated rings. The summed E-state index contributed by atoms with van der Waals surface area (Å²) < 4.78 is 8.15. The molecule has 2 N–H and O–H groups in total. The van der Waals surface area contributed by atoms with Gasteiger partial charge in [0.25, 0.3) is 0 Å². The second kappa shape index (κ2) is 5.84. The maximum atomic E-state index is 6.12. The van der Waals surface area contributed by atoms with E-state index < -0.39 is 0 Å². The molecule has 3 rings (SSSR count). The van der Waals surface area contributed by atoms with Gasteiger partial charge in [-0.1, -0.05) is 6.92 Å². The van der Waals surface area contributed by atoms with E-state index >= 15 is 0 Å². The van der Waals surface area contributed by atoms with E-state index in [9.17, 15) is 0 Å². The Kier molecular flexibility index (Phi) is 4.10. The topological polar surface area (TPSA) is 56.3 Å². The van der Waals surface area contributed by atoms with Crippen LogP contribution in [-0.4, -0.2) is 46.3 Å². The van der Waals surface area contributed by atoms with Gasteiger partial charge in [0.1, 0.15) is 0 Å². The van der Waals surface area contributed by atoms with Crippen molar-refractivity contribution in [3.63, 3.8) is 0 Å². The van der Waals surface area contributed by atoms with Crippen LogP contribution in [-0.2, 0) is 4.74 Å². The van der Waals surface area contributed by atoms with Crippen LogP contribution in [0.1, 0.15) is 50.9 Å². The average Bonchev–Trinajstić information content (AvgIpc) is 3.19. The van der Waals surface area contributed by atoms with E-state index in [0.717, 1.165) is 19.6 Å². The number of rotatable bonds is 5. The average molecular weight is 278 g/mol. The van der Waals surface area contributed by atoms with Crippen molar-refractivity contribution in [3.8, 4) is 0 Å². The monoisotopic (exact) mass is 278 g/mol. The van der Waals surface area contributed by atoms with Crippen molar-refractivity contribution >= 4 is 0 Å². The number of nitrogens with zero attached hydrogens (tertiary/aromatic N) is 3. The van der Waals surface area contributed by atoms with E-state index in [4.69, 9.17) is 10.5 Å². The lowest BCUT2D eigenvalue weighted by Crippen LogP contribution is -2.51. The molecule has 1 aromatic heterocycles. The largest absolute Gasteiger partial charge is 0.376 e. The fourth-order valence-corrected chi connectivity index (χ4v) is 3.26. The summed E-state index contributed by atoms with van der Waals surface area (Å²) in [5.41, 5.74) is 7.40. The van der Waals surface area contributed by atoms with Gasteiger partial charge < -0.3 is 15.0 Å².